The Morgan fingerprint density at radius 2 is 2.05 bits per heavy atom. The normalized spacial score (nSPS) is 29.9. The largest absolute Gasteiger partial charge is 0.375 e. The maximum atomic E-state index is 12.5. The minimum atomic E-state index is -0.00185. The van der Waals surface area contributed by atoms with Crippen molar-refractivity contribution in [1.29, 1.82) is 0 Å². The number of nitrogens with zero attached hydrogens (tertiary/aromatic N) is 1. The van der Waals surface area contributed by atoms with Gasteiger partial charge in [0.1, 0.15) is 0 Å². The van der Waals surface area contributed by atoms with E-state index in [1.54, 1.807) is 0 Å². The number of nitrogens with one attached hydrogen (secondary N) is 1. The monoisotopic (exact) mass is 282 g/mol. The third-order valence-electron chi connectivity index (χ3n) is 5.08. The first-order valence-corrected chi connectivity index (χ1v) is 8.33. The Labute approximate surface area is 123 Å². The van der Waals surface area contributed by atoms with Crippen LogP contribution < -0.4 is 5.32 Å². The van der Waals surface area contributed by atoms with Crippen LogP contribution in [0.2, 0.25) is 0 Å². The summed E-state index contributed by atoms with van der Waals surface area (Å²) in [5, 5.41) is 3.38. The molecule has 2 rings (SSSR count). The first kappa shape index (κ1) is 15.8. The van der Waals surface area contributed by atoms with Crippen LogP contribution in [0.25, 0.3) is 0 Å². The topological polar surface area (TPSA) is 41.6 Å². The average molecular weight is 282 g/mol. The minimum Gasteiger partial charge on any atom is -0.375 e. The van der Waals surface area contributed by atoms with Gasteiger partial charge in [0, 0.05) is 19.2 Å². The van der Waals surface area contributed by atoms with Crippen LogP contribution in [0.5, 0.6) is 0 Å². The highest BCUT2D eigenvalue weighted by molar-refractivity contribution is 5.84. The molecule has 0 aliphatic carbocycles. The number of hydrogen-bond acceptors (Lipinski definition) is 3. The van der Waals surface area contributed by atoms with Crippen LogP contribution in [0.3, 0.4) is 0 Å². The molecule has 2 aliphatic rings. The summed E-state index contributed by atoms with van der Waals surface area (Å²) in [6, 6.07) is 0.431. The highest BCUT2D eigenvalue weighted by atomic mass is 16.5. The van der Waals surface area contributed by atoms with Crippen molar-refractivity contribution in [1.82, 2.24) is 10.2 Å². The van der Waals surface area contributed by atoms with Gasteiger partial charge in [0.15, 0.2) is 0 Å². The lowest BCUT2D eigenvalue weighted by atomic mass is 9.85. The predicted octanol–water partition coefficient (Wildman–Crippen LogP) is 2.32. The van der Waals surface area contributed by atoms with Crippen LogP contribution in [0.1, 0.15) is 59.3 Å². The van der Waals surface area contributed by atoms with Crippen LogP contribution in [-0.4, -0.2) is 48.2 Å². The Kier molecular flexibility index (Phi) is 5.44. The highest BCUT2D eigenvalue weighted by Gasteiger charge is 2.41. The lowest BCUT2D eigenvalue weighted by molar-refractivity contribution is -0.141. The summed E-state index contributed by atoms with van der Waals surface area (Å²) < 4.78 is 6.03. The fraction of sp³-hybridized carbons (Fsp3) is 0.938. The molecule has 0 aromatic rings. The molecule has 0 saturated carbocycles. The van der Waals surface area contributed by atoms with Gasteiger partial charge in [0.05, 0.1) is 11.6 Å². The molecule has 0 spiro atoms. The Balaban J connectivity index is 1.96. The number of likely N-dealkylation sites (tertiary alicyclic amines) is 1. The van der Waals surface area contributed by atoms with Gasteiger partial charge >= 0.3 is 0 Å². The molecule has 0 aromatic heterocycles. The molecule has 20 heavy (non-hydrogen) atoms. The van der Waals surface area contributed by atoms with Gasteiger partial charge in [-0.2, -0.15) is 0 Å². The third kappa shape index (κ3) is 3.17. The van der Waals surface area contributed by atoms with Gasteiger partial charge in [0.25, 0.3) is 0 Å². The van der Waals surface area contributed by atoms with E-state index in [1.165, 1.54) is 0 Å². The molecule has 2 heterocycles. The second-order valence-corrected chi connectivity index (χ2v) is 6.21. The summed E-state index contributed by atoms with van der Waals surface area (Å²) in [5.74, 6) is 0.312. The zero-order valence-corrected chi connectivity index (χ0v) is 13.3. The SMILES string of the molecule is CCCNC1CCN(C2CCOC(CC)(CC)C2)C1=O. The molecule has 2 aliphatic heterocycles. The number of amides is 1. The Bertz CT molecular complexity index is 328. The molecule has 2 saturated heterocycles. The van der Waals surface area contributed by atoms with Gasteiger partial charge in [-0.15, -0.1) is 0 Å². The molecule has 2 atom stereocenters. The van der Waals surface area contributed by atoms with Gasteiger partial charge in [-0.3, -0.25) is 4.79 Å². The number of carbonyl (C=O) groups is 1. The summed E-state index contributed by atoms with van der Waals surface area (Å²) in [6.45, 7) is 9.18. The molecule has 0 aromatic carbocycles. The zero-order valence-electron chi connectivity index (χ0n) is 13.3. The van der Waals surface area contributed by atoms with Crippen molar-refractivity contribution < 1.29 is 9.53 Å². The van der Waals surface area contributed by atoms with E-state index < -0.39 is 0 Å². The number of carbonyl (C=O) groups excluding carboxylic acids is 1. The first-order chi connectivity index (χ1) is 9.65. The predicted molar refractivity (Wildman–Crippen MR) is 80.7 cm³/mol. The molecule has 0 radical (unpaired) electrons. The fourth-order valence-electron chi connectivity index (χ4n) is 3.58. The van der Waals surface area contributed by atoms with Crippen LogP contribution >= 0.6 is 0 Å². The maximum absolute atomic E-state index is 12.5. The van der Waals surface area contributed by atoms with Crippen LogP contribution in [0.4, 0.5) is 0 Å². The summed E-state index contributed by atoms with van der Waals surface area (Å²) >= 11 is 0. The van der Waals surface area contributed by atoms with Crippen LogP contribution in [-0.2, 0) is 9.53 Å². The second-order valence-electron chi connectivity index (χ2n) is 6.21. The standard InChI is InChI=1S/C16H30N2O2/c1-4-9-17-14-7-10-18(15(14)19)13-8-11-20-16(5-2,6-3)12-13/h13-14,17H,4-12H2,1-3H3. The summed E-state index contributed by atoms with van der Waals surface area (Å²) in [6.07, 6.45) is 6.12. The molecule has 2 fully saturated rings. The lowest BCUT2D eigenvalue weighted by Crippen LogP contribution is -2.50. The Hall–Kier alpha value is -0.610. The molecule has 4 heteroatoms. The van der Waals surface area contributed by atoms with Gasteiger partial charge in [-0.05, 0) is 45.1 Å². The first-order valence-electron chi connectivity index (χ1n) is 8.33. The molecule has 2 unspecified atom stereocenters. The molecule has 4 nitrogen and oxygen atoms in total. The molecule has 0 bridgehead atoms. The van der Waals surface area contributed by atoms with Crippen molar-refractivity contribution in [3.8, 4) is 0 Å². The second kappa shape index (κ2) is 6.90. The van der Waals surface area contributed by atoms with E-state index in [1.807, 2.05) is 0 Å². The zero-order chi connectivity index (χ0) is 14.6. The van der Waals surface area contributed by atoms with Gasteiger partial charge in [-0.25, -0.2) is 0 Å². The summed E-state index contributed by atoms with van der Waals surface area (Å²) in [7, 11) is 0. The van der Waals surface area contributed by atoms with E-state index in [4.69, 9.17) is 4.74 Å². The molecule has 1 amide bonds. The van der Waals surface area contributed by atoms with Crippen molar-refractivity contribution >= 4 is 5.91 Å². The summed E-state index contributed by atoms with van der Waals surface area (Å²) in [4.78, 5) is 14.6. The molecule has 1 N–H and O–H groups in total. The number of rotatable bonds is 6. The highest BCUT2D eigenvalue weighted by Crippen LogP contribution is 2.34. The van der Waals surface area contributed by atoms with E-state index in [9.17, 15) is 4.79 Å². The van der Waals surface area contributed by atoms with E-state index in [0.717, 1.165) is 58.2 Å². The van der Waals surface area contributed by atoms with Crippen LogP contribution in [0, 0.1) is 0 Å². The van der Waals surface area contributed by atoms with Crippen molar-refractivity contribution in [2.75, 3.05) is 19.7 Å². The Morgan fingerprint density at radius 3 is 2.70 bits per heavy atom. The minimum absolute atomic E-state index is 0.00185. The lowest BCUT2D eigenvalue weighted by Gasteiger charge is -2.43. The van der Waals surface area contributed by atoms with Gasteiger partial charge in [-0.1, -0.05) is 20.8 Å². The summed E-state index contributed by atoms with van der Waals surface area (Å²) in [5.41, 5.74) is -0.00185. The average Bonchev–Trinajstić information content (AvgIpc) is 2.86. The van der Waals surface area contributed by atoms with Crippen molar-refractivity contribution in [2.24, 2.45) is 0 Å². The van der Waals surface area contributed by atoms with E-state index in [2.05, 4.69) is 31.0 Å². The van der Waals surface area contributed by atoms with E-state index in [0.29, 0.717) is 11.9 Å². The number of ether oxygens (including phenoxy) is 1. The molecule has 116 valence electrons. The van der Waals surface area contributed by atoms with E-state index in [-0.39, 0.29) is 11.6 Å². The van der Waals surface area contributed by atoms with Gasteiger partial charge < -0.3 is 15.0 Å². The van der Waals surface area contributed by atoms with Crippen molar-refractivity contribution in [2.45, 2.75) is 77.0 Å². The number of hydrogen-bond donors (Lipinski definition) is 1. The van der Waals surface area contributed by atoms with Gasteiger partial charge in [0.2, 0.25) is 5.91 Å². The van der Waals surface area contributed by atoms with Crippen molar-refractivity contribution in [3.05, 3.63) is 0 Å². The maximum Gasteiger partial charge on any atom is 0.240 e. The molecular formula is C16H30N2O2. The van der Waals surface area contributed by atoms with Crippen molar-refractivity contribution in [3.63, 3.8) is 0 Å². The fourth-order valence-corrected chi connectivity index (χ4v) is 3.58. The quantitative estimate of drug-likeness (QED) is 0.813. The van der Waals surface area contributed by atoms with Crippen LogP contribution in [0.15, 0.2) is 0 Å². The molecular weight excluding hydrogens is 252 g/mol. The smallest absolute Gasteiger partial charge is 0.240 e. The van der Waals surface area contributed by atoms with E-state index >= 15 is 0 Å². The third-order valence-corrected chi connectivity index (χ3v) is 5.08. The Morgan fingerprint density at radius 1 is 1.30 bits per heavy atom.